The van der Waals surface area contributed by atoms with E-state index < -0.39 is 9.84 Å². The van der Waals surface area contributed by atoms with E-state index in [-0.39, 0.29) is 11.7 Å². The maximum absolute atomic E-state index is 12.0. The first-order chi connectivity index (χ1) is 8.57. The minimum Gasteiger partial charge on any atom is -0.302 e. The Morgan fingerprint density at radius 2 is 1.89 bits per heavy atom. The van der Waals surface area contributed by atoms with Crippen LogP contribution in [0, 0.1) is 5.92 Å². The summed E-state index contributed by atoms with van der Waals surface area (Å²) < 4.78 is 23.1. The van der Waals surface area contributed by atoms with E-state index in [4.69, 9.17) is 0 Å². The number of ketones is 1. The summed E-state index contributed by atoms with van der Waals surface area (Å²) in [5.41, 5.74) is 0. The van der Waals surface area contributed by atoms with Gasteiger partial charge in [-0.2, -0.15) is 0 Å². The van der Waals surface area contributed by atoms with E-state index in [2.05, 4.69) is 4.90 Å². The molecule has 0 amide bonds. The summed E-state index contributed by atoms with van der Waals surface area (Å²) in [5.74, 6) is 1.10. The second-order valence-electron chi connectivity index (χ2n) is 5.57. The number of carbonyl (C=O) groups is 1. The fourth-order valence-electron chi connectivity index (χ4n) is 2.91. The molecule has 5 heteroatoms. The minimum absolute atomic E-state index is 0.147. The summed E-state index contributed by atoms with van der Waals surface area (Å²) in [6.07, 6.45) is 5.75. The van der Waals surface area contributed by atoms with Gasteiger partial charge in [0.2, 0.25) is 0 Å². The molecule has 1 unspecified atom stereocenters. The third-order valence-electron chi connectivity index (χ3n) is 4.06. The van der Waals surface area contributed by atoms with Crippen LogP contribution in [-0.4, -0.2) is 50.2 Å². The van der Waals surface area contributed by atoms with Crippen LogP contribution in [0.25, 0.3) is 0 Å². The zero-order valence-electron chi connectivity index (χ0n) is 10.9. The summed E-state index contributed by atoms with van der Waals surface area (Å²) in [6, 6.07) is 0. The van der Waals surface area contributed by atoms with Crippen molar-refractivity contribution in [2.45, 2.75) is 38.5 Å². The maximum atomic E-state index is 12.0. The predicted octanol–water partition coefficient (Wildman–Crippen LogP) is 1.26. The zero-order valence-corrected chi connectivity index (χ0v) is 11.8. The second kappa shape index (κ2) is 6.15. The molecule has 1 atom stereocenters. The molecule has 18 heavy (non-hydrogen) atoms. The van der Waals surface area contributed by atoms with E-state index >= 15 is 0 Å². The number of sulfone groups is 1. The molecule has 4 nitrogen and oxygen atoms in total. The molecule has 0 aromatic heterocycles. The van der Waals surface area contributed by atoms with Crippen LogP contribution in [0.4, 0.5) is 0 Å². The number of hydrogen-bond donors (Lipinski definition) is 0. The number of carbonyl (C=O) groups excluding carboxylic acids is 1. The van der Waals surface area contributed by atoms with Gasteiger partial charge in [-0.25, -0.2) is 8.42 Å². The van der Waals surface area contributed by atoms with Gasteiger partial charge in [-0.05, 0) is 25.8 Å². The standard InChI is InChI=1S/C13H23NO3S/c15-13-6-3-1-2-5-12(13)11-14-7-4-9-18(16,17)10-8-14/h12H,1-11H2. The maximum Gasteiger partial charge on any atom is 0.151 e. The Hall–Kier alpha value is -0.420. The average Bonchev–Trinajstić information content (AvgIpc) is 2.60. The van der Waals surface area contributed by atoms with Gasteiger partial charge in [0.25, 0.3) is 0 Å². The number of rotatable bonds is 2. The first-order valence-corrected chi connectivity index (χ1v) is 8.84. The molecule has 0 radical (unpaired) electrons. The zero-order chi connectivity index (χ0) is 13.0. The summed E-state index contributed by atoms with van der Waals surface area (Å²) in [6.45, 7) is 2.20. The van der Waals surface area contributed by atoms with Gasteiger partial charge in [-0.1, -0.05) is 12.8 Å². The van der Waals surface area contributed by atoms with Crippen molar-refractivity contribution in [3.05, 3.63) is 0 Å². The van der Waals surface area contributed by atoms with Crippen molar-refractivity contribution >= 4 is 15.6 Å². The lowest BCUT2D eigenvalue weighted by atomic mass is 9.98. The van der Waals surface area contributed by atoms with Crippen LogP contribution in [0.5, 0.6) is 0 Å². The number of Topliss-reactive ketones (excluding diaryl/α,β-unsaturated/α-hetero) is 1. The van der Waals surface area contributed by atoms with Gasteiger partial charge in [-0.15, -0.1) is 0 Å². The van der Waals surface area contributed by atoms with Crippen LogP contribution in [0.3, 0.4) is 0 Å². The van der Waals surface area contributed by atoms with E-state index in [1.807, 2.05) is 0 Å². The van der Waals surface area contributed by atoms with Gasteiger partial charge in [0.1, 0.15) is 5.78 Å². The highest BCUT2D eigenvalue weighted by molar-refractivity contribution is 7.91. The van der Waals surface area contributed by atoms with E-state index in [0.29, 0.717) is 24.5 Å². The molecule has 104 valence electrons. The summed E-state index contributed by atoms with van der Waals surface area (Å²) >= 11 is 0. The lowest BCUT2D eigenvalue weighted by molar-refractivity contribution is -0.123. The van der Waals surface area contributed by atoms with Gasteiger partial charge < -0.3 is 4.90 Å². The van der Waals surface area contributed by atoms with Crippen LogP contribution in [-0.2, 0) is 14.6 Å². The van der Waals surface area contributed by atoms with E-state index in [0.717, 1.165) is 45.2 Å². The van der Waals surface area contributed by atoms with Crippen LogP contribution < -0.4 is 0 Å². The van der Waals surface area contributed by atoms with Crippen LogP contribution >= 0.6 is 0 Å². The average molecular weight is 273 g/mol. The molecule has 0 aromatic rings. The molecule has 1 heterocycles. The third-order valence-corrected chi connectivity index (χ3v) is 5.77. The summed E-state index contributed by atoms with van der Waals surface area (Å²) in [5, 5.41) is 0. The smallest absolute Gasteiger partial charge is 0.151 e. The molecule has 0 aromatic carbocycles. The highest BCUT2D eigenvalue weighted by Gasteiger charge is 2.25. The Morgan fingerprint density at radius 1 is 1.06 bits per heavy atom. The molecule has 0 spiro atoms. The van der Waals surface area contributed by atoms with Crippen LogP contribution in [0.2, 0.25) is 0 Å². The molecular weight excluding hydrogens is 250 g/mol. The first kappa shape index (κ1) is 14.0. The molecule has 2 rings (SSSR count). The van der Waals surface area contributed by atoms with E-state index in [1.165, 1.54) is 0 Å². The Balaban J connectivity index is 1.90. The van der Waals surface area contributed by atoms with Crippen molar-refractivity contribution in [2.75, 3.05) is 31.1 Å². The molecule has 1 saturated carbocycles. The molecule has 1 aliphatic carbocycles. The fourth-order valence-corrected chi connectivity index (χ4v) is 4.22. The Morgan fingerprint density at radius 3 is 2.72 bits per heavy atom. The molecule has 2 fully saturated rings. The third kappa shape index (κ3) is 4.05. The van der Waals surface area contributed by atoms with Crippen molar-refractivity contribution < 1.29 is 13.2 Å². The Kier molecular flexibility index (Phi) is 4.78. The van der Waals surface area contributed by atoms with Gasteiger partial charge in [0, 0.05) is 25.4 Å². The Labute approximate surface area is 110 Å². The van der Waals surface area contributed by atoms with E-state index in [9.17, 15) is 13.2 Å². The van der Waals surface area contributed by atoms with Gasteiger partial charge in [0.15, 0.2) is 9.84 Å². The Bertz CT molecular complexity index is 391. The molecule has 2 aliphatic rings. The quantitative estimate of drug-likeness (QED) is 0.711. The molecule has 0 N–H and O–H groups in total. The summed E-state index contributed by atoms with van der Waals surface area (Å²) in [7, 11) is -2.84. The molecule has 1 saturated heterocycles. The van der Waals surface area contributed by atoms with Gasteiger partial charge in [0.05, 0.1) is 11.5 Å². The number of nitrogens with zero attached hydrogens (tertiary/aromatic N) is 1. The minimum atomic E-state index is -2.84. The number of hydrogen-bond acceptors (Lipinski definition) is 4. The van der Waals surface area contributed by atoms with Crippen molar-refractivity contribution in [1.82, 2.24) is 4.90 Å². The second-order valence-corrected chi connectivity index (χ2v) is 7.87. The van der Waals surface area contributed by atoms with Gasteiger partial charge >= 0.3 is 0 Å². The highest BCUT2D eigenvalue weighted by atomic mass is 32.2. The SMILES string of the molecule is O=C1CCCCCC1CN1CCCS(=O)(=O)CC1. The van der Waals surface area contributed by atoms with Crippen LogP contribution in [0.1, 0.15) is 38.5 Å². The predicted molar refractivity (Wildman–Crippen MR) is 71.3 cm³/mol. The lowest BCUT2D eigenvalue weighted by Crippen LogP contribution is -2.35. The normalized spacial score (nSPS) is 30.7. The highest BCUT2D eigenvalue weighted by Crippen LogP contribution is 2.21. The monoisotopic (exact) mass is 273 g/mol. The van der Waals surface area contributed by atoms with Crippen molar-refractivity contribution in [1.29, 1.82) is 0 Å². The first-order valence-electron chi connectivity index (χ1n) is 7.02. The molecular formula is C13H23NO3S. The largest absolute Gasteiger partial charge is 0.302 e. The van der Waals surface area contributed by atoms with Gasteiger partial charge in [-0.3, -0.25) is 4.79 Å². The fraction of sp³-hybridized carbons (Fsp3) is 0.923. The summed E-state index contributed by atoms with van der Waals surface area (Å²) in [4.78, 5) is 14.1. The van der Waals surface area contributed by atoms with Crippen molar-refractivity contribution in [2.24, 2.45) is 5.92 Å². The topological polar surface area (TPSA) is 54.5 Å². The molecule has 1 aliphatic heterocycles. The van der Waals surface area contributed by atoms with E-state index in [1.54, 1.807) is 0 Å². The lowest BCUT2D eigenvalue weighted by Gasteiger charge is -2.24. The van der Waals surface area contributed by atoms with Crippen LogP contribution in [0.15, 0.2) is 0 Å². The van der Waals surface area contributed by atoms with Crippen molar-refractivity contribution in [3.8, 4) is 0 Å². The molecule has 0 bridgehead atoms. The van der Waals surface area contributed by atoms with Crippen molar-refractivity contribution in [3.63, 3.8) is 0 Å².